The Labute approximate surface area is 180 Å². The van der Waals surface area contributed by atoms with E-state index in [1.165, 1.54) is 24.3 Å². The van der Waals surface area contributed by atoms with E-state index in [0.717, 1.165) is 0 Å². The van der Waals surface area contributed by atoms with Crippen LogP contribution in [-0.4, -0.2) is 36.3 Å². The Kier molecular flexibility index (Phi) is 5.67. The lowest BCUT2D eigenvalue weighted by Gasteiger charge is -2.39. The van der Waals surface area contributed by atoms with Gasteiger partial charge >= 0.3 is 0 Å². The van der Waals surface area contributed by atoms with E-state index in [2.05, 4.69) is 21.2 Å². The second kappa shape index (κ2) is 8.11. The van der Waals surface area contributed by atoms with E-state index in [-0.39, 0.29) is 56.2 Å². The third kappa shape index (κ3) is 4.13. The second-order valence-electron chi connectivity index (χ2n) is 7.67. The van der Waals surface area contributed by atoms with Gasteiger partial charge in [0.05, 0.1) is 5.69 Å². The molecule has 160 valence electrons. The Morgan fingerprint density at radius 2 is 1.77 bits per heavy atom. The van der Waals surface area contributed by atoms with Crippen LogP contribution in [0.2, 0.25) is 0 Å². The van der Waals surface area contributed by atoms with Crippen LogP contribution in [0.1, 0.15) is 24.8 Å². The van der Waals surface area contributed by atoms with Crippen molar-refractivity contribution in [1.29, 1.82) is 0 Å². The number of rotatable bonds is 4. The lowest BCUT2D eigenvalue weighted by atomic mass is 9.92. The highest BCUT2D eigenvalue weighted by Crippen LogP contribution is 2.36. The Morgan fingerprint density at radius 3 is 2.43 bits per heavy atom. The molecule has 2 aromatic carbocycles. The zero-order valence-electron chi connectivity index (χ0n) is 16.0. The molecule has 9 heteroatoms. The number of anilines is 2. The molecule has 2 aliphatic rings. The maximum Gasteiger partial charge on any atom is 0.224 e. The molecule has 30 heavy (non-hydrogen) atoms. The van der Waals surface area contributed by atoms with Crippen molar-refractivity contribution < 1.29 is 27.8 Å². The Hall–Kier alpha value is -2.26. The quantitative estimate of drug-likeness (QED) is 0.683. The molecule has 0 saturated carbocycles. The summed E-state index contributed by atoms with van der Waals surface area (Å²) in [5.41, 5.74) is -0.608. The van der Waals surface area contributed by atoms with Crippen LogP contribution in [0.5, 0.6) is 5.75 Å². The predicted molar refractivity (Wildman–Crippen MR) is 109 cm³/mol. The molecule has 0 spiro atoms. The van der Waals surface area contributed by atoms with Crippen LogP contribution < -0.4 is 15.0 Å². The van der Waals surface area contributed by atoms with E-state index in [0.29, 0.717) is 22.2 Å². The molecule has 1 fully saturated rings. The average molecular weight is 485 g/mol. The van der Waals surface area contributed by atoms with Gasteiger partial charge in [-0.15, -0.1) is 0 Å². The Balaban J connectivity index is 1.43. The van der Waals surface area contributed by atoms with E-state index >= 15 is 0 Å². The van der Waals surface area contributed by atoms with Gasteiger partial charge in [0.15, 0.2) is 11.6 Å². The number of nitrogens with zero attached hydrogens (tertiary/aromatic N) is 1. The fourth-order valence-electron chi connectivity index (χ4n) is 3.90. The minimum Gasteiger partial charge on any atom is -0.490 e. The molecular weight excluding hydrogens is 465 g/mol. The van der Waals surface area contributed by atoms with Crippen molar-refractivity contribution in [2.75, 3.05) is 29.9 Å². The molecule has 2 heterocycles. The number of piperidine rings is 1. The van der Waals surface area contributed by atoms with E-state index < -0.39 is 23.1 Å². The summed E-state index contributed by atoms with van der Waals surface area (Å²) in [6.07, 6.45) is 1.09. The molecule has 1 amide bonds. The maximum absolute atomic E-state index is 14.2. The summed E-state index contributed by atoms with van der Waals surface area (Å²) in [5, 5.41) is 13.4. The first kappa shape index (κ1) is 21.0. The third-order valence-electron chi connectivity index (χ3n) is 5.57. The number of aliphatic hydroxyl groups is 1. The fraction of sp³-hybridized carbons (Fsp3) is 0.381. The number of fused-ring (bicyclic) bond motifs is 1. The van der Waals surface area contributed by atoms with Crippen LogP contribution in [-0.2, 0) is 11.2 Å². The first-order valence-electron chi connectivity index (χ1n) is 9.62. The van der Waals surface area contributed by atoms with Gasteiger partial charge < -0.3 is 20.1 Å². The monoisotopic (exact) mass is 484 g/mol. The average Bonchev–Trinajstić information content (AvgIpc) is 2.69. The van der Waals surface area contributed by atoms with Crippen molar-refractivity contribution in [2.24, 2.45) is 0 Å². The van der Waals surface area contributed by atoms with Gasteiger partial charge in [-0.05, 0) is 43.5 Å². The first-order valence-corrected chi connectivity index (χ1v) is 10.4. The molecule has 0 atom stereocenters. The zero-order valence-corrected chi connectivity index (χ0v) is 17.6. The van der Waals surface area contributed by atoms with Crippen molar-refractivity contribution >= 4 is 33.2 Å². The highest BCUT2D eigenvalue weighted by Gasteiger charge is 2.35. The second-order valence-corrected chi connectivity index (χ2v) is 8.58. The zero-order chi connectivity index (χ0) is 21.5. The van der Waals surface area contributed by atoms with E-state index in [1.54, 1.807) is 4.90 Å². The van der Waals surface area contributed by atoms with Gasteiger partial charge in [0.25, 0.3) is 0 Å². The van der Waals surface area contributed by atoms with Crippen molar-refractivity contribution in [3.8, 4) is 5.75 Å². The predicted octanol–water partition coefficient (Wildman–Crippen LogP) is 4.16. The number of hydrogen-bond acceptors (Lipinski definition) is 4. The molecule has 2 aromatic rings. The molecule has 0 aliphatic carbocycles. The normalized spacial score (nSPS) is 18.0. The molecular formula is C21H20BrF3N2O3. The molecule has 4 rings (SSSR count). The van der Waals surface area contributed by atoms with E-state index in [1.807, 2.05) is 0 Å². The van der Waals surface area contributed by atoms with E-state index in [9.17, 15) is 23.1 Å². The molecule has 0 unspecified atom stereocenters. The molecule has 5 nitrogen and oxygen atoms in total. The van der Waals surface area contributed by atoms with Crippen molar-refractivity contribution in [3.05, 3.63) is 51.8 Å². The Morgan fingerprint density at radius 1 is 1.10 bits per heavy atom. The van der Waals surface area contributed by atoms with Crippen molar-refractivity contribution in [1.82, 2.24) is 0 Å². The minimum absolute atomic E-state index is 0.0435. The number of ether oxygens (including phenoxy) is 1. The summed E-state index contributed by atoms with van der Waals surface area (Å²) in [5.74, 6) is -1.70. The molecule has 0 bridgehead atoms. The van der Waals surface area contributed by atoms with Crippen LogP contribution in [0, 0.1) is 17.5 Å². The van der Waals surface area contributed by atoms with Crippen LogP contribution >= 0.6 is 15.9 Å². The van der Waals surface area contributed by atoms with Crippen LogP contribution in [0.3, 0.4) is 0 Å². The van der Waals surface area contributed by atoms with Gasteiger partial charge in [0.2, 0.25) is 5.91 Å². The number of halogens is 4. The maximum atomic E-state index is 14.2. The summed E-state index contributed by atoms with van der Waals surface area (Å²) < 4.78 is 48.6. The molecule has 2 N–H and O–H groups in total. The van der Waals surface area contributed by atoms with Crippen molar-refractivity contribution in [3.63, 3.8) is 0 Å². The SMILES string of the molecule is O=C1CCc2c(OCC3(O)CCN(c4c(F)cc(Br)cc4F)CC3)ccc(F)c2N1. The summed E-state index contributed by atoms with van der Waals surface area (Å²) >= 11 is 3.06. The minimum atomic E-state index is -1.18. The van der Waals surface area contributed by atoms with Crippen LogP contribution in [0.25, 0.3) is 0 Å². The van der Waals surface area contributed by atoms with Gasteiger partial charge in [-0.2, -0.15) is 0 Å². The number of carbonyl (C=O) groups is 1. The summed E-state index contributed by atoms with van der Waals surface area (Å²) in [6, 6.07) is 5.11. The third-order valence-corrected chi connectivity index (χ3v) is 6.03. The molecule has 0 radical (unpaired) electrons. The van der Waals surface area contributed by atoms with Gasteiger partial charge in [0, 0.05) is 29.5 Å². The number of carbonyl (C=O) groups excluding carboxylic acids is 1. The standard InChI is InChI=1S/C21H20BrF3N2O3/c22-12-9-15(24)20(16(25)10-12)27-7-5-21(29,6-8-27)11-30-17-3-2-14(23)19-13(17)1-4-18(28)26-19/h2-3,9-10,29H,1,4-8,11H2,(H,26,28). The summed E-state index contributed by atoms with van der Waals surface area (Å²) in [6.45, 7) is 0.470. The number of nitrogens with one attached hydrogen (secondary N) is 1. The number of amides is 1. The highest BCUT2D eigenvalue weighted by molar-refractivity contribution is 9.10. The number of hydrogen-bond donors (Lipinski definition) is 2. The van der Waals surface area contributed by atoms with Gasteiger partial charge in [0.1, 0.15) is 29.5 Å². The molecule has 0 aromatic heterocycles. The van der Waals surface area contributed by atoms with Crippen LogP contribution in [0.4, 0.5) is 24.5 Å². The smallest absolute Gasteiger partial charge is 0.224 e. The fourth-order valence-corrected chi connectivity index (χ4v) is 4.30. The first-order chi connectivity index (χ1) is 14.3. The molecule has 1 saturated heterocycles. The van der Waals surface area contributed by atoms with Gasteiger partial charge in [-0.25, -0.2) is 13.2 Å². The largest absolute Gasteiger partial charge is 0.490 e. The lowest BCUT2D eigenvalue weighted by molar-refractivity contribution is -0.116. The van der Waals surface area contributed by atoms with E-state index in [4.69, 9.17) is 4.74 Å². The summed E-state index contributed by atoms with van der Waals surface area (Å²) in [4.78, 5) is 13.1. The summed E-state index contributed by atoms with van der Waals surface area (Å²) in [7, 11) is 0. The molecule has 2 aliphatic heterocycles. The van der Waals surface area contributed by atoms with Crippen molar-refractivity contribution in [2.45, 2.75) is 31.3 Å². The Bertz CT molecular complexity index is 971. The highest BCUT2D eigenvalue weighted by atomic mass is 79.9. The van der Waals surface area contributed by atoms with Crippen LogP contribution in [0.15, 0.2) is 28.7 Å². The number of benzene rings is 2. The lowest BCUT2D eigenvalue weighted by Crippen LogP contribution is -2.48. The topological polar surface area (TPSA) is 61.8 Å². The van der Waals surface area contributed by atoms with Gasteiger partial charge in [-0.3, -0.25) is 4.79 Å². The van der Waals surface area contributed by atoms with Gasteiger partial charge in [-0.1, -0.05) is 15.9 Å².